The Morgan fingerprint density at radius 3 is 2.48 bits per heavy atom. The van der Waals surface area contributed by atoms with Gasteiger partial charge in [0.2, 0.25) is 5.91 Å². The Kier molecular flexibility index (Phi) is 5.36. The molecular formula is C22H27F2N5O2. The Labute approximate surface area is 180 Å². The summed E-state index contributed by atoms with van der Waals surface area (Å²) in [5, 5.41) is 12.1. The lowest BCUT2D eigenvalue weighted by Gasteiger charge is -2.33. The third kappa shape index (κ3) is 4.63. The third-order valence-electron chi connectivity index (χ3n) is 7.20. The Morgan fingerprint density at radius 2 is 1.94 bits per heavy atom. The molecule has 166 valence electrons. The lowest BCUT2D eigenvalue weighted by Crippen LogP contribution is -2.45. The fraction of sp³-hybridized carbons (Fsp3) is 0.636. The van der Waals surface area contributed by atoms with E-state index >= 15 is 8.78 Å². The molecule has 1 spiro atoms. The van der Waals surface area contributed by atoms with E-state index in [0.29, 0.717) is 50.8 Å². The molecule has 0 aromatic carbocycles. The summed E-state index contributed by atoms with van der Waals surface area (Å²) in [5.41, 5.74) is 4.72. The number of hydrogen-bond donors (Lipinski definition) is 2. The predicted molar refractivity (Wildman–Crippen MR) is 108 cm³/mol. The van der Waals surface area contributed by atoms with E-state index < -0.39 is 42.2 Å². The summed E-state index contributed by atoms with van der Waals surface area (Å²) in [5.74, 6) is -4.57. The molecule has 1 unspecified atom stereocenters. The van der Waals surface area contributed by atoms with Crippen molar-refractivity contribution in [2.24, 2.45) is 23.0 Å². The molecule has 0 bridgehead atoms. The molecule has 9 heteroatoms. The van der Waals surface area contributed by atoms with E-state index in [4.69, 9.17) is 5.73 Å². The van der Waals surface area contributed by atoms with E-state index in [-0.39, 0.29) is 11.3 Å². The maximum Gasteiger partial charge on any atom is 0.314 e. The van der Waals surface area contributed by atoms with E-state index in [1.807, 2.05) is 0 Å². The van der Waals surface area contributed by atoms with Crippen molar-refractivity contribution in [3.8, 4) is 6.07 Å². The standard InChI is InChI=1S/C22H27F2N5O2/c23-22(24,11-15-1-7-27-8-2-15)12-16(18(30)28-21(14-25)3-4-21)17-13-20(17)5-9-29(10-6-20)19(26)31/h1-2,7-8,16-17H,3-6,9-13H2,(H2,26,31)(H,28,30)/t16-,17?/m0/s1. The van der Waals surface area contributed by atoms with Crippen molar-refractivity contribution < 1.29 is 18.4 Å². The molecule has 2 heterocycles. The molecule has 0 radical (unpaired) electrons. The number of primary amides is 1. The van der Waals surface area contributed by atoms with Gasteiger partial charge in [0.25, 0.3) is 5.92 Å². The Hall–Kier alpha value is -2.76. The Bertz CT molecular complexity index is 889. The zero-order valence-electron chi connectivity index (χ0n) is 17.3. The number of nitrogens with one attached hydrogen (secondary N) is 1. The van der Waals surface area contributed by atoms with Crippen LogP contribution in [0.4, 0.5) is 13.6 Å². The molecule has 3 amide bonds. The Balaban J connectivity index is 1.48. The van der Waals surface area contributed by atoms with Gasteiger partial charge in [-0.2, -0.15) is 5.26 Å². The zero-order valence-corrected chi connectivity index (χ0v) is 17.3. The minimum Gasteiger partial charge on any atom is -0.351 e. The lowest BCUT2D eigenvalue weighted by atomic mass is 9.83. The van der Waals surface area contributed by atoms with Crippen LogP contribution in [-0.2, 0) is 11.2 Å². The van der Waals surface area contributed by atoms with Gasteiger partial charge in [-0.15, -0.1) is 0 Å². The SMILES string of the molecule is N#CC1(NC(=O)[C@@H](CC(F)(F)Cc2ccncc2)C2CC23CCN(C(N)=O)CC3)CC1. The number of carbonyl (C=O) groups excluding carboxylic acids is 2. The molecule has 4 rings (SSSR count). The molecule has 31 heavy (non-hydrogen) atoms. The molecular weight excluding hydrogens is 404 g/mol. The molecule has 2 atom stereocenters. The van der Waals surface area contributed by atoms with Crippen molar-refractivity contribution in [1.82, 2.24) is 15.2 Å². The van der Waals surface area contributed by atoms with Crippen LogP contribution in [0.15, 0.2) is 24.5 Å². The number of nitrogens with zero attached hydrogens (tertiary/aromatic N) is 3. The topological polar surface area (TPSA) is 112 Å². The number of urea groups is 1. The smallest absolute Gasteiger partial charge is 0.314 e. The van der Waals surface area contributed by atoms with E-state index in [1.54, 1.807) is 17.0 Å². The number of nitriles is 1. The number of carbonyl (C=O) groups is 2. The summed E-state index contributed by atoms with van der Waals surface area (Å²) < 4.78 is 30.1. The highest BCUT2D eigenvalue weighted by molar-refractivity contribution is 5.81. The molecule has 7 nitrogen and oxygen atoms in total. The van der Waals surface area contributed by atoms with Crippen molar-refractivity contribution in [2.45, 2.75) is 56.4 Å². The average Bonchev–Trinajstić information content (AvgIpc) is 3.64. The monoisotopic (exact) mass is 431 g/mol. The van der Waals surface area contributed by atoms with Crippen molar-refractivity contribution >= 4 is 11.9 Å². The first-order valence-corrected chi connectivity index (χ1v) is 10.7. The molecule has 2 saturated carbocycles. The highest BCUT2D eigenvalue weighted by Gasteiger charge is 2.61. The second kappa shape index (κ2) is 7.74. The molecule has 3 fully saturated rings. The van der Waals surface area contributed by atoms with E-state index in [9.17, 15) is 14.9 Å². The van der Waals surface area contributed by atoms with Crippen LogP contribution in [0.2, 0.25) is 0 Å². The normalized spacial score (nSPS) is 24.2. The molecule has 1 aromatic heterocycles. The van der Waals surface area contributed by atoms with Crippen LogP contribution in [0, 0.1) is 28.6 Å². The highest BCUT2D eigenvalue weighted by atomic mass is 19.3. The maximum atomic E-state index is 15.0. The van der Waals surface area contributed by atoms with Crippen LogP contribution < -0.4 is 11.1 Å². The number of halogens is 2. The quantitative estimate of drug-likeness (QED) is 0.691. The van der Waals surface area contributed by atoms with Gasteiger partial charge in [0.15, 0.2) is 0 Å². The summed E-state index contributed by atoms with van der Waals surface area (Å²) in [6.07, 6.45) is 5.03. The van der Waals surface area contributed by atoms with Gasteiger partial charge < -0.3 is 16.0 Å². The van der Waals surface area contributed by atoms with Crippen LogP contribution in [0.25, 0.3) is 0 Å². The molecule has 1 aliphatic heterocycles. The summed E-state index contributed by atoms with van der Waals surface area (Å²) in [6.45, 7) is 0.964. The van der Waals surface area contributed by atoms with Gasteiger partial charge >= 0.3 is 6.03 Å². The van der Waals surface area contributed by atoms with Gasteiger partial charge in [0.05, 0.1) is 6.07 Å². The first-order valence-electron chi connectivity index (χ1n) is 10.7. The van der Waals surface area contributed by atoms with E-state index in [1.165, 1.54) is 12.4 Å². The number of piperidine rings is 1. The Morgan fingerprint density at radius 1 is 1.29 bits per heavy atom. The second-order valence-electron chi connectivity index (χ2n) is 9.38. The molecule has 1 aromatic rings. The van der Waals surface area contributed by atoms with Crippen molar-refractivity contribution in [3.63, 3.8) is 0 Å². The van der Waals surface area contributed by atoms with Gasteiger partial charge in [0, 0.05) is 44.2 Å². The van der Waals surface area contributed by atoms with Gasteiger partial charge in [-0.1, -0.05) is 0 Å². The summed E-state index contributed by atoms with van der Waals surface area (Å²) in [7, 11) is 0. The second-order valence-corrected chi connectivity index (χ2v) is 9.38. The van der Waals surface area contributed by atoms with Crippen LogP contribution >= 0.6 is 0 Å². The third-order valence-corrected chi connectivity index (χ3v) is 7.20. The number of hydrogen-bond acceptors (Lipinski definition) is 4. The fourth-order valence-electron chi connectivity index (χ4n) is 5.02. The number of alkyl halides is 2. The molecule has 3 aliphatic rings. The van der Waals surface area contributed by atoms with Crippen molar-refractivity contribution in [2.75, 3.05) is 13.1 Å². The van der Waals surface area contributed by atoms with Gasteiger partial charge in [0.1, 0.15) is 5.54 Å². The number of pyridine rings is 1. The summed E-state index contributed by atoms with van der Waals surface area (Å²) in [4.78, 5) is 29.9. The fourth-order valence-corrected chi connectivity index (χ4v) is 5.02. The molecule has 3 N–H and O–H groups in total. The van der Waals surface area contributed by atoms with Crippen LogP contribution in [0.3, 0.4) is 0 Å². The predicted octanol–water partition coefficient (Wildman–Crippen LogP) is 2.62. The molecule has 2 aliphatic carbocycles. The summed E-state index contributed by atoms with van der Waals surface area (Å²) >= 11 is 0. The first-order chi connectivity index (χ1) is 14.7. The van der Waals surface area contributed by atoms with Crippen molar-refractivity contribution in [1.29, 1.82) is 5.26 Å². The van der Waals surface area contributed by atoms with Gasteiger partial charge in [-0.3, -0.25) is 9.78 Å². The largest absolute Gasteiger partial charge is 0.351 e. The first kappa shape index (κ1) is 21.5. The maximum absolute atomic E-state index is 15.0. The van der Waals surface area contributed by atoms with E-state index in [2.05, 4.69) is 16.4 Å². The zero-order chi connectivity index (χ0) is 22.3. The van der Waals surface area contributed by atoms with Crippen LogP contribution in [0.1, 0.15) is 44.1 Å². The van der Waals surface area contributed by atoms with E-state index in [0.717, 1.165) is 0 Å². The lowest BCUT2D eigenvalue weighted by molar-refractivity contribution is -0.131. The minimum atomic E-state index is -3.07. The van der Waals surface area contributed by atoms with Crippen LogP contribution in [0.5, 0.6) is 0 Å². The summed E-state index contributed by atoms with van der Waals surface area (Å²) in [6, 6.07) is 4.73. The number of rotatable bonds is 7. The minimum absolute atomic E-state index is 0.180. The molecule has 1 saturated heterocycles. The number of likely N-dealkylation sites (tertiary alicyclic amines) is 1. The van der Waals surface area contributed by atoms with Crippen LogP contribution in [-0.4, -0.2) is 46.4 Å². The number of aromatic nitrogens is 1. The van der Waals surface area contributed by atoms with Gasteiger partial charge in [-0.25, -0.2) is 13.6 Å². The number of nitrogens with two attached hydrogens (primary N) is 1. The number of amides is 3. The van der Waals surface area contributed by atoms with Gasteiger partial charge in [-0.05, 0) is 61.1 Å². The average molecular weight is 431 g/mol. The van der Waals surface area contributed by atoms with Crippen molar-refractivity contribution in [3.05, 3.63) is 30.1 Å². The highest BCUT2D eigenvalue weighted by Crippen LogP contribution is 2.64.